The largest absolute Gasteiger partial charge is 0.343 e. The summed E-state index contributed by atoms with van der Waals surface area (Å²) in [6.45, 7) is 6.27. The Bertz CT molecular complexity index is 927. The Kier molecular flexibility index (Phi) is 7.77. The van der Waals surface area contributed by atoms with Gasteiger partial charge in [0.2, 0.25) is 0 Å². The van der Waals surface area contributed by atoms with Gasteiger partial charge >= 0.3 is 0 Å². The second kappa shape index (κ2) is 10.5. The number of allylic oxidation sites excluding steroid dienone is 4. The molecule has 0 fully saturated rings. The van der Waals surface area contributed by atoms with Gasteiger partial charge in [0.1, 0.15) is 5.84 Å². The third-order valence-corrected chi connectivity index (χ3v) is 5.48. The summed E-state index contributed by atoms with van der Waals surface area (Å²) < 4.78 is 0. The molecule has 1 aliphatic heterocycles. The highest BCUT2D eigenvalue weighted by molar-refractivity contribution is 7.16. The first-order valence-corrected chi connectivity index (χ1v) is 11.5. The van der Waals surface area contributed by atoms with Crippen LogP contribution in [0.3, 0.4) is 0 Å². The molecule has 4 heteroatoms. The number of amidine groups is 1. The summed E-state index contributed by atoms with van der Waals surface area (Å²) in [5.74, 6) is 2.37. The number of aromatic nitrogens is 1. The summed E-state index contributed by atoms with van der Waals surface area (Å²) in [6, 6.07) is 10.8. The third-order valence-electron chi connectivity index (χ3n) is 5.07. The van der Waals surface area contributed by atoms with Gasteiger partial charge in [-0.15, -0.1) is 9.24 Å². The Morgan fingerprint density at radius 2 is 2.07 bits per heavy atom. The normalized spacial score (nSPS) is 18.6. The zero-order valence-electron chi connectivity index (χ0n) is 17.8. The van der Waals surface area contributed by atoms with Crippen LogP contribution in [0.5, 0.6) is 0 Å². The van der Waals surface area contributed by atoms with E-state index in [0.717, 1.165) is 42.8 Å². The van der Waals surface area contributed by atoms with E-state index in [2.05, 4.69) is 75.0 Å². The van der Waals surface area contributed by atoms with E-state index in [0.29, 0.717) is 5.92 Å². The van der Waals surface area contributed by atoms with E-state index in [1.54, 1.807) is 0 Å². The van der Waals surface area contributed by atoms with Crippen molar-refractivity contribution in [2.45, 2.75) is 46.5 Å². The van der Waals surface area contributed by atoms with Gasteiger partial charge in [-0.3, -0.25) is 0 Å². The number of aliphatic imine (C=N–C) groups is 1. The number of nitrogens with zero attached hydrogens (tertiary/aromatic N) is 2. The van der Waals surface area contributed by atoms with Crippen molar-refractivity contribution in [2.75, 3.05) is 11.5 Å². The van der Waals surface area contributed by atoms with Crippen LogP contribution in [0.2, 0.25) is 0 Å². The summed E-state index contributed by atoms with van der Waals surface area (Å²) >= 11 is 0. The molecule has 2 aliphatic rings. The lowest BCUT2D eigenvalue weighted by atomic mass is 9.92. The molecule has 2 atom stereocenters. The summed E-state index contributed by atoms with van der Waals surface area (Å²) in [5.41, 5.74) is 6.38. The molecule has 1 aromatic carbocycles. The Labute approximate surface area is 177 Å². The number of rotatable bonds is 5. The second-order valence-electron chi connectivity index (χ2n) is 7.38. The molecule has 0 saturated carbocycles. The molecule has 2 unspecified atom stereocenters. The molecule has 4 rings (SSSR count). The minimum absolute atomic E-state index is 0.609. The standard InChI is InChI=1S/C23H26N3P.C2H6/c1-16-4-2-6-18(12-16)19-7-8-21-20(14-19)15-23(25-21)26-22-13-17(5-3-11-27)9-10-24-22;1-2/h2,6-10,12-14,16H,3-5,11,15,27H2,1H3,(H,24,25,26);1-2H3. The second-order valence-corrected chi connectivity index (χ2v) is 7.96. The molecule has 3 nitrogen and oxygen atoms in total. The highest BCUT2D eigenvalue weighted by atomic mass is 31.0. The third kappa shape index (κ3) is 5.64. The number of hydrogen-bond donors (Lipinski definition) is 1. The zero-order chi connectivity index (χ0) is 20.6. The molecular weight excluding hydrogens is 373 g/mol. The zero-order valence-corrected chi connectivity index (χ0v) is 18.9. The van der Waals surface area contributed by atoms with Crippen molar-refractivity contribution in [3.63, 3.8) is 0 Å². The average molecular weight is 406 g/mol. The molecule has 152 valence electrons. The predicted octanol–water partition coefficient (Wildman–Crippen LogP) is 6.59. The first-order valence-electron chi connectivity index (χ1n) is 10.7. The van der Waals surface area contributed by atoms with Crippen molar-refractivity contribution >= 4 is 32.2 Å². The van der Waals surface area contributed by atoms with Gasteiger partial charge < -0.3 is 5.32 Å². The van der Waals surface area contributed by atoms with E-state index in [1.165, 1.54) is 28.7 Å². The van der Waals surface area contributed by atoms with Crippen molar-refractivity contribution in [3.8, 4) is 0 Å². The van der Waals surface area contributed by atoms with Crippen LogP contribution in [-0.2, 0) is 12.8 Å². The van der Waals surface area contributed by atoms with Crippen LogP contribution in [0.15, 0.2) is 59.7 Å². The summed E-state index contributed by atoms with van der Waals surface area (Å²) in [5, 5.41) is 3.45. The highest BCUT2D eigenvalue weighted by Gasteiger charge is 2.18. The van der Waals surface area contributed by atoms with Crippen LogP contribution in [0.4, 0.5) is 11.5 Å². The van der Waals surface area contributed by atoms with Crippen LogP contribution in [0, 0.1) is 5.92 Å². The number of pyridine rings is 1. The van der Waals surface area contributed by atoms with Crippen LogP contribution < -0.4 is 5.32 Å². The molecule has 29 heavy (non-hydrogen) atoms. The molecule has 2 heterocycles. The van der Waals surface area contributed by atoms with E-state index in [1.807, 2.05) is 20.0 Å². The number of benzene rings is 1. The van der Waals surface area contributed by atoms with Crippen molar-refractivity contribution in [3.05, 3.63) is 71.4 Å². The van der Waals surface area contributed by atoms with E-state index in [-0.39, 0.29) is 0 Å². The minimum atomic E-state index is 0.609. The summed E-state index contributed by atoms with van der Waals surface area (Å²) in [7, 11) is 2.78. The number of fused-ring (bicyclic) bond motifs is 1. The first kappa shape index (κ1) is 21.5. The molecule has 0 spiro atoms. The number of anilines is 1. The maximum absolute atomic E-state index is 4.76. The molecule has 0 bridgehead atoms. The quantitative estimate of drug-likeness (QED) is 0.570. The van der Waals surface area contributed by atoms with Gasteiger partial charge in [0, 0.05) is 18.3 Å². The smallest absolute Gasteiger partial charge is 0.154 e. The lowest BCUT2D eigenvalue weighted by Gasteiger charge is -2.13. The van der Waals surface area contributed by atoms with E-state index >= 15 is 0 Å². The van der Waals surface area contributed by atoms with E-state index in [4.69, 9.17) is 4.99 Å². The average Bonchev–Trinajstić information content (AvgIpc) is 3.15. The summed E-state index contributed by atoms with van der Waals surface area (Å²) in [6.07, 6.45) is 14.1. The highest BCUT2D eigenvalue weighted by Crippen LogP contribution is 2.31. The molecule has 2 aromatic rings. The monoisotopic (exact) mass is 405 g/mol. The van der Waals surface area contributed by atoms with E-state index in [9.17, 15) is 0 Å². The van der Waals surface area contributed by atoms with E-state index < -0.39 is 0 Å². The van der Waals surface area contributed by atoms with Crippen LogP contribution in [0.1, 0.15) is 50.3 Å². The first-order chi connectivity index (χ1) is 14.2. The fourth-order valence-electron chi connectivity index (χ4n) is 3.64. The van der Waals surface area contributed by atoms with Gasteiger partial charge in [0.25, 0.3) is 0 Å². The van der Waals surface area contributed by atoms with Crippen molar-refractivity contribution in [2.24, 2.45) is 10.9 Å². The van der Waals surface area contributed by atoms with Crippen molar-refractivity contribution in [1.29, 1.82) is 0 Å². The van der Waals surface area contributed by atoms with Gasteiger partial charge in [-0.1, -0.05) is 45.1 Å². The molecule has 1 aromatic heterocycles. The fourth-order valence-corrected chi connectivity index (χ4v) is 3.85. The maximum Gasteiger partial charge on any atom is 0.154 e. The number of hydrogen-bond acceptors (Lipinski definition) is 2. The Morgan fingerprint density at radius 3 is 2.86 bits per heavy atom. The van der Waals surface area contributed by atoms with Crippen molar-refractivity contribution < 1.29 is 0 Å². The molecule has 0 radical (unpaired) electrons. The maximum atomic E-state index is 4.76. The van der Waals surface area contributed by atoms with Gasteiger partial charge in [0.05, 0.1) is 0 Å². The molecule has 1 N–H and O–H groups in total. The van der Waals surface area contributed by atoms with Gasteiger partial charge in [-0.05, 0) is 77.9 Å². The minimum Gasteiger partial charge on any atom is -0.343 e. The SMILES string of the molecule is CC.CC1C=C(c2ccc3c(c2)CC(=Nc2cc(CCCP)ccn2)N3)C=CC1. The van der Waals surface area contributed by atoms with Crippen LogP contribution in [0.25, 0.3) is 5.57 Å². The number of aryl methyl sites for hydroxylation is 1. The van der Waals surface area contributed by atoms with Crippen LogP contribution >= 0.6 is 9.24 Å². The molecule has 1 aliphatic carbocycles. The van der Waals surface area contributed by atoms with Gasteiger partial charge in [-0.25, -0.2) is 9.98 Å². The lowest BCUT2D eigenvalue weighted by Crippen LogP contribution is -2.05. The topological polar surface area (TPSA) is 37.3 Å². The molecular formula is C25H32N3P. The van der Waals surface area contributed by atoms with Gasteiger partial charge in [-0.2, -0.15) is 0 Å². The van der Waals surface area contributed by atoms with Crippen LogP contribution in [-0.4, -0.2) is 17.0 Å². The fraction of sp³-hybridized carbons (Fsp3) is 0.360. The lowest BCUT2D eigenvalue weighted by molar-refractivity contribution is 0.740. The molecule has 0 amide bonds. The number of nitrogens with one attached hydrogen (secondary N) is 1. The Hall–Kier alpha value is -2.25. The van der Waals surface area contributed by atoms with Gasteiger partial charge in [0.15, 0.2) is 5.82 Å². The Morgan fingerprint density at radius 1 is 1.21 bits per heavy atom. The summed E-state index contributed by atoms with van der Waals surface area (Å²) in [4.78, 5) is 9.18. The van der Waals surface area contributed by atoms with Crippen molar-refractivity contribution in [1.82, 2.24) is 4.98 Å². The predicted molar refractivity (Wildman–Crippen MR) is 130 cm³/mol. The Balaban J connectivity index is 0.00000117. The molecule has 0 saturated heterocycles.